The summed E-state index contributed by atoms with van der Waals surface area (Å²) in [5.41, 5.74) is 3.06. The minimum absolute atomic E-state index is 0.189. The fourth-order valence-electron chi connectivity index (χ4n) is 3.58. The molecule has 0 fully saturated rings. The molecular formula is C24H26ClNO5. The Bertz CT molecular complexity index is 1100. The Balaban J connectivity index is 2.37. The van der Waals surface area contributed by atoms with Crippen LogP contribution < -0.4 is 0 Å². The molecule has 1 atom stereocenters. The average Bonchev–Trinajstić information content (AvgIpc) is 2.70. The molecule has 0 aliphatic heterocycles. The summed E-state index contributed by atoms with van der Waals surface area (Å²) >= 11 is 6.09. The number of fused-ring (bicyclic) bond motifs is 1. The number of esters is 1. The zero-order valence-corrected chi connectivity index (χ0v) is 18.9. The lowest BCUT2D eigenvalue weighted by molar-refractivity contribution is -0.185. The third kappa shape index (κ3) is 5.05. The smallest absolute Gasteiger partial charge is 0.356 e. The van der Waals surface area contributed by atoms with Crippen molar-refractivity contribution in [2.45, 2.75) is 45.7 Å². The van der Waals surface area contributed by atoms with E-state index in [-0.39, 0.29) is 5.69 Å². The summed E-state index contributed by atoms with van der Waals surface area (Å²) in [5, 5.41) is 21.8. The summed E-state index contributed by atoms with van der Waals surface area (Å²) in [6, 6.07) is 12.4. The highest BCUT2D eigenvalue weighted by Gasteiger charge is 2.31. The molecule has 0 unspecified atom stereocenters. The van der Waals surface area contributed by atoms with E-state index in [9.17, 15) is 15.0 Å². The number of ether oxygens (including phenoxy) is 2. The van der Waals surface area contributed by atoms with Crippen molar-refractivity contribution in [3.8, 4) is 11.1 Å². The molecule has 0 aliphatic rings. The predicted octanol–water partition coefficient (Wildman–Crippen LogP) is 4.82. The Morgan fingerprint density at radius 2 is 1.74 bits per heavy atom. The second kappa shape index (κ2) is 8.93. The first-order valence-electron chi connectivity index (χ1n) is 9.84. The highest BCUT2D eigenvalue weighted by molar-refractivity contribution is 6.30. The number of methoxy groups -OCH3 is 1. The van der Waals surface area contributed by atoms with Crippen molar-refractivity contribution < 1.29 is 24.5 Å². The Hall–Kier alpha value is -2.51. The Morgan fingerprint density at radius 3 is 2.29 bits per heavy atom. The molecule has 3 rings (SSSR count). The van der Waals surface area contributed by atoms with Crippen LogP contribution in [0.1, 0.15) is 48.5 Å². The summed E-state index contributed by atoms with van der Waals surface area (Å²) < 4.78 is 10.8. The highest BCUT2D eigenvalue weighted by Crippen LogP contribution is 2.41. The zero-order chi connectivity index (χ0) is 22.9. The van der Waals surface area contributed by atoms with Gasteiger partial charge in [-0.3, -0.25) is 0 Å². The molecule has 3 aromatic rings. The fraction of sp³-hybridized carbons (Fsp3) is 0.333. The molecule has 1 aromatic heterocycles. The molecule has 2 aromatic carbocycles. The van der Waals surface area contributed by atoms with E-state index >= 15 is 0 Å². The summed E-state index contributed by atoms with van der Waals surface area (Å²) in [5.74, 6) is -0.531. The van der Waals surface area contributed by atoms with E-state index in [0.717, 1.165) is 22.1 Å². The van der Waals surface area contributed by atoms with Crippen molar-refractivity contribution in [2.24, 2.45) is 0 Å². The van der Waals surface area contributed by atoms with Crippen molar-refractivity contribution in [1.29, 1.82) is 0 Å². The topological polar surface area (TPSA) is 88.9 Å². The summed E-state index contributed by atoms with van der Waals surface area (Å²) in [6.45, 7) is 7.41. The maximum Gasteiger partial charge on any atom is 0.356 e. The molecule has 0 amide bonds. The van der Waals surface area contributed by atoms with Crippen molar-refractivity contribution in [2.75, 3.05) is 7.11 Å². The first-order valence-corrected chi connectivity index (χ1v) is 10.2. The van der Waals surface area contributed by atoms with Gasteiger partial charge in [0.2, 0.25) is 0 Å². The lowest BCUT2D eigenvalue weighted by atomic mass is 9.88. The first kappa shape index (κ1) is 23.2. The largest absolute Gasteiger partial charge is 0.464 e. The number of carbonyl (C=O) groups excluding carboxylic acids is 1. The van der Waals surface area contributed by atoms with Crippen molar-refractivity contribution in [3.63, 3.8) is 0 Å². The van der Waals surface area contributed by atoms with Gasteiger partial charge in [-0.05, 0) is 80.3 Å². The molecule has 1 heterocycles. The van der Waals surface area contributed by atoms with Gasteiger partial charge in [0.25, 0.3) is 0 Å². The number of hydrogen-bond donors (Lipinski definition) is 2. The van der Waals surface area contributed by atoms with Gasteiger partial charge in [-0.2, -0.15) is 0 Å². The number of hydrogen-bond acceptors (Lipinski definition) is 6. The molecule has 0 saturated carbocycles. The number of aromatic nitrogens is 1. The van der Waals surface area contributed by atoms with E-state index in [0.29, 0.717) is 16.1 Å². The van der Waals surface area contributed by atoms with Crippen LogP contribution in [0, 0.1) is 6.92 Å². The number of nitrogens with zero attached hydrogens (tertiary/aromatic N) is 1. The fourth-order valence-corrected chi connectivity index (χ4v) is 3.71. The monoisotopic (exact) mass is 443 g/mol. The van der Waals surface area contributed by atoms with Gasteiger partial charge in [0, 0.05) is 10.4 Å². The van der Waals surface area contributed by atoms with Gasteiger partial charge in [0.15, 0.2) is 6.29 Å². The Morgan fingerprint density at radius 1 is 1.10 bits per heavy atom. The molecule has 2 N–H and O–H groups in total. The molecule has 0 radical (unpaired) electrons. The molecule has 7 heteroatoms. The Kier molecular flexibility index (Phi) is 6.67. The number of aliphatic hydroxyl groups excluding tert-OH is 1. The van der Waals surface area contributed by atoms with E-state index < -0.39 is 24.0 Å². The van der Waals surface area contributed by atoms with Crippen LogP contribution in [-0.4, -0.2) is 40.2 Å². The Labute approximate surface area is 186 Å². The van der Waals surface area contributed by atoms with E-state index in [1.165, 1.54) is 7.11 Å². The van der Waals surface area contributed by atoms with Crippen LogP contribution in [0.25, 0.3) is 22.0 Å². The molecule has 31 heavy (non-hydrogen) atoms. The van der Waals surface area contributed by atoms with Gasteiger partial charge in [-0.15, -0.1) is 0 Å². The van der Waals surface area contributed by atoms with Crippen LogP contribution in [0.5, 0.6) is 0 Å². The summed E-state index contributed by atoms with van der Waals surface area (Å²) in [4.78, 5) is 16.4. The molecular weight excluding hydrogens is 418 g/mol. The van der Waals surface area contributed by atoms with Gasteiger partial charge in [0.05, 0.1) is 18.2 Å². The van der Waals surface area contributed by atoms with E-state index in [1.54, 1.807) is 30.3 Å². The molecule has 0 aliphatic carbocycles. The van der Waals surface area contributed by atoms with E-state index in [1.807, 2.05) is 39.8 Å². The number of pyridine rings is 1. The number of aliphatic hydroxyl groups is 2. The second-order valence-corrected chi connectivity index (χ2v) is 8.74. The number of carbonyl (C=O) groups is 1. The quantitative estimate of drug-likeness (QED) is 0.434. The van der Waals surface area contributed by atoms with Gasteiger partial charge >= 0.3 is 5.97 Å². The number of benzene rings is 2. The maximum atomic E-state index is 12.0. The average molecular weight is 444 g/mol. The highest BCUT2D eigenvalue weighted by atomic mass is 35.5. The van der Waals surface area contributed by atoms with Crippen molar-refractivity contribution >= 4 is 28.5 Å². The number of rotatable bonds is 5. The van der Waals surface area contributed by atoms with Gasteiger partial charge in [-0.1, -0.05) is 23.7 Å². The molecule has 0 bridgehead atoms. The normalized spacial score (nSPS) is 12.9. The molecule has 0 spiro atoms. The van der Waals surface area contributed by atoms with Crippen LogP contribution in [0.3, 0.4) is 0 Å². The van der Waals surface area contributed by atoms with Crippen LogP contribution in [0.15, 0.2) is 42.5 Å². The molecule has 6 nitrogen and oxygen atoms in total. The SMILES string of the molecule is COC(=O)c1ccc2c(-c3ccc(Cl)cc3)c([C@H](OC(C)(C)C)C(O)O)c(C)cc2n1. The summed E-state index contributed by atoms with van der Waals surface area (Å²) in [7, 11) is 1.30. The van der Waals surface area contributed by atoms with Crippen molar-refractivity contribution in [3.05, 3.63) is 64.3 Å². The molecule has 0 saturated heterocycles. The third-order valence-corrected chi connectivity index (χ3v) is 5.06. The van der Waals surface area contributed by atoms with Gasteiger partial charge in [-0.25, -0.2) is 9.78 Å². The van der Waals surface area contributed by atoms with Crippen molar-refractivity contribution in [1.82, 2.24) is 4.98 Å². The van der Waals surface area contributed by atoms with E-state index in [2.05, 4.69) is 4.98 Å². The lowest BCUT2D eigenvalue weighted by Crippen LogP contribution is -2.30. The second-order valence-electron chi connectivity index (χ2n) is 8.31. The maximum absolute atomic E-state index is 12.0. The zero-order valence-electron chi connectivity index (χ0n) is 18.1. The standard InChI is InChI=1S/C24H26ClNO5/c1-13-12-18-16(10-11-17(26-18)23(29)30-5)20(14-6-8-15(25)9-7-14)19(13)21(22(27)28)31-24(2,3)4/h6-12,21-22,27-28H,1-5H3/t21-/m0/s1. The van der Waals surface area contributed by atoms with Crippen LogP contribution in [0.4, 0.5) is 0 Å². The van der Waals surface area contributed by atoms with Gasteiger partial charge in [0.1, 0.15) is 11.8 Å². The lowest BCUT2D eigenvalue weighted by Gasteiger charge is -2.32. The van der Waals surface area contributed by atoms with Crippen LogP contribution in [0.2, 0.25) is 5.02 Å². The van der Waals surface area contributed by atoms with E-state index in [4.69, 9.17) is 21.1 Å². The minimum Gasteiger partial charge on any atom is -0.464 e. The minimum atomic E-state index is -1.75. The predicted molar refractivity (Wildman–Crippen MR) is 120 cm³/mol. The van der Waals surface area contributed by atoms with Crippen LogP contribution in [-0.2, 0) is 9.47 Å². The summed E-state index contributed by atoms with van der Waals surface area (Å²) in [6.07, 6.45) is -2.75. The van der Waals surface area contributed by atoms with Gasteiger partial charge < -0.3 is 19.7 Å². The number of halogens is 1. The third-order valence-electron chi connectivity index (χ3n) is 4.80. The number of aryl methyl sites for hydroxylation is 1. The first-order chi connectivity index (χ1) is 14.5. The molecule has 164 valence electrons. The van der Waals surface area contributed by atoms with Crippen LogP contribution >= 0.6 is 11.6 Å².